The van der Waals surface area contributed by atoms with E-state index in [-0.39, 0.29) is 29.0 Å². The predicted molar refractivity (Wildman–Crippen MR) is 147 cm³/mol. The summed E-state index contributed by atoms with van der Waals surface area (Å²) >= 11 is 0. The molecule has 6 fully saturated rings. The van der Waals surface area contributed by atoms with E-state index in [0.717, 1.165) is 37.8 Å². The number of ether oxygens (including phenoxy) is 1. The van der Waals surface area contributed by atoms with Crippen LogP contribution in [0.5, 0.6) is 0 Å². The lowest BCUT2D eigenvalue weighted by molar-refractivity contribution is -0.204. The Morgan fingerprint density at radius 2 is 1.46 bits per heavy atom. The molecule has 5 unspecified atom stereocenters. The van der Waals surface area contributed by atoms with Crippen molar-refractivity contribution >= 4 is 5.97 Å². The van der Waals surface area contributed by atoms with E-state index in [9.17, 15) is 9.90 Å². The van der Waals surface area contributed by atoms with Gasteiger partial charge in [-0.25, -0.2) is 0 Å². The van der Waals surface area contributed by atoms with Gasteiger partial charge in [-0.3, -0.25) is 14.6 Å². The molecule has 0 aromatic rings. The molecule has 0 radical (unpaired) electrons. The van der Waals surface area contributed by atoms with Crippen LogP contribution in [0.3, 0.4) is 0 Å². The Hall–Kier alpha value is -0.650. The van der Waals surface area contributed by atoms with E-state index < -0.39 is 0 Å². The molecule has 6 rings (SSSR count). The van der Waals surface area contributed by atoms with Gasteiger partial charge in [-0.1, -0.05) is 33.1 Å². The van der Waals surface area contributed by atoms with Crippen molar-refractivity contribution in [1.29, 1.82) is 0 Å². The third-order valence-electron chi connectivity index (χ3n) is 12.9. The molecule has 37 heavy (non-hydrogen) atoms. The van der Waals surface area contributed by atoms with Gasteiger partial charge >= 0.3 is 5.97 Å². The standard InChI is InChI=1S/C32H54N2O3/c1-22(35)37-27-21-23-11-12-24-25-13-14-28(36)31(25,2)16-15-26(24)32(23,3)30(34-19-7-4-5-8-20-34)29(27)33-17-9-6-10-18-33/h23-30,36H,4-21H2,1-3H3/t23?,24-,25-,26-,27?,28?,29?,30?,31-,32-/m0/s1. The lowest BCUT2D eigenvalue weighted by Gasteiger charge is -2.67. The van der Waals surface area contributed by atoms with E-state index in [2.05, 4.69) is 23.6 Å². The summed E-state index contributed by atoms with van der Waals surface area (Å²) in [5.41, 5.74) is 0.380. The summed E-state index contributed by atoms with van der Waals surface area (Å²) in [6.45, 7) is 11.5. The number of aliphatic hydroxyl groups is 1. The van der Waals surface area contributed by atoms with Crippen LogP contribution in [0.15, 0.2) is 0 Å². The van der Waals surface area contributed by atoms with Gasteiger partial charge in [0.15, 0.2) is 0 Å². The normalized spacial score (nSPS) is 49.4. The number of carbonyl (C=O) groups excluding carboxylic acids is 1. The number of hydrogen-bond donors (Lipinski definition) is 1. The van der Waals surface area contributed by atoms with Gasteiger partial charge in [0.2, 0.25) is 0 Å². The zero-order chi connectivity index (χ0) is 25.8. The van der Waals surface area contributed by atoms with Crippen LogP contribution in [0.1, 0.15) is 111 Å². The zero-order valence-corrected chi connectivity index (χ0v) is 24.0. The Morgan fingerprint density at radius 3 is 2.14 bits per heavy atom. The lowest BCUT2D eigenvalue weighted by atomic mass is 9.43. The topological polar surface area (TPSA) is 53.0 Å². The Labute approximate surface area is 226 Å². The van der Waals surface area contributed by atoms with Crippen LogP contribution < -0.4 is 0 Å². The first-order chi connectivity index (χ1) is 17.8. The molecule has 0 spiro atoms. The number of hydrogen-bond acceptors (Lipinski definition) is 5. The lowest BCUT2D eigenvalue weighted by Crippen LogP contribution is -2.72. The highest BCUT2D eigenvalue weighted by Crippen LogP contribution is 2.67. The minimum atomic E-state index is -0.105. The average molecular weight is 515 g/mol. The van der Waals surface area contributed by atoms with Crippen LogP contribution >= 0.6 is 0 Å². The molecule has 5 heteroatoms. The van der Waals surface area contributed by atoms with Crippen LogP contribution in [-0.4, -0.2) is 71.3 Å². The van der Waals surface area contributed by atoms with Crippen molar-refractivity contribution in [2.75, 3.05) is 26.2 Å². The molecule has 1 N–H and O–H groups in total. The van der Waals surface area contributed by atoms with Gasteiger partial charge in [0.1, 0.15) is 6.10 Å². The molecule has 4 saturated carbocycles. The molecular formula is C32H54N2O3. The first-order valence-electron chi connectivity index (χ1n) is 16.2. The van der Waals surface area contributed by atoms with Gasteiger partial charge < -0.3 is 9.84 Å². The van der Waals surface area contributed by atoms with E-state index in [1.54, 1.807) is 6.92 Å². The third kappa shape index (κ3) is 4.42. The zero-order valence-electron chi connectivity index (χ0n) is 24.0. The van der Waals surface area contributed by atoms with E-state index in [0.29, 0.717) is 23.9 Å². The maximum absolute atomic E-state index is 12.5. The Kier molecular flexibility index (Phi) is 7.46. The SMILES string of the molecule is CC(=O)OC1CC2CC[C@@H]3[C@H](CC[C@]4(C)C(O)CC[C@@H]34)[C@@]2(C)C(N2CCCCCC2)C1N1CCCCC1. The highest BCUT2D eigenvalue weighted by molar-refractivity contribution is 5.66. The minimum absolute atomic E-state index is 0.0284. The minimum Gasteiger partial charge on any atom is -0.461 e. The molecule has 6 aliphatic rings. The van der Waals surface area contributed by atoms with Crippen molar-refractivity contribution in [3.63, 3.8) is 0 Å². The Balaban J connectivity index is 1.42. The number of nitrogens with zero attached hydrogens (tertiary/aromatic N) is 2. The number of aliphatic hydroxyl groups excluding tert-OH is 1. The Morgan fingerprint density at radius 1 is 0.811 bits per heavy atom. The van der Waals surface area contributed by atoms with Gasteiger partial charge in [-0.15, -0.1) is 0 Å². The molecule has 4 aliphatic carbocycles. The molecule has 0 aromatic carbocycles. The van der Waals surface area contributed by atoms with Crippen LogP contribution in [0.4, 0.5) is 0 Å². The fraction of sp³-hybridized carbons (Fsp3) is 0.969. The first kappa shape index (κ1) is 26.6. The van der Waals surface area contributed by atoms with Gasteiger partial charge in [0.05, 0.1) is 12.1 Å². The highest BCUT2D eigenvalue weighted by Gasteiger charge is 2.65. The molecule has 0 aromatic heterocycles. The summed E-state index contributed by atoms with van der Waals surface area (Å²) < 4.78 is 6.30. The number of likely N-dealkylation sites (tertiary alicyclic amines) is 2. The number of piperidine rings is 1. The molecule has 2 aliphatic heterocycles. The fourth-order valence-corrected chi connectivity index (χ4v) is 11.2. The summed E-state index contributed by atoms with van der Waals surface area (Å²) in [7, 11) is 0. The number of esters is 1. The van der Waals surface area contributed by atoms with E-state index in [1.807, 2.05) is 0 Å². The van der Waals surface area contributed by atoms with Gasteiger partial charge in [0.25, 0.3) is 0 Å². The quantitative estimate of drug-likeness (QED) is 0.494. The second-order valence-electron chi connectivity index (χ2n) is 14.5. The van der Waals surface area contributed by atoms with Crippen LogP contribution in [0.2, 0.25) is 0 Å². The molecule has 2 saturated heterocycles. The van der Waals surface area contributed by atoms with Crippen molar-refractivity contribution < 1.29 is 14.6 Å². The molecule has 10 atom stereocenters. The summed E-state index contributed by atoms with van der Waals surface area (Å²) in [6.07, 6.45) is 17.5. The maximum atomic E-state index is 12.5. The maximum Gasteiger partial charge on any atom is 0.302 e. The van der Waals surface area contributed by atoms with E-state index in [1.165, 1.54) is 90.1 Å². The number of carbonyl (C=O) groups is 1. The van der Waals surface area contributed by atoms with E-state index >= 15 is 0 Å². The van der Waals surface area contributed by atoms with Crippen LogP contribution in [0, 0.1) is 34.5 Å². The molecule has 0 amide bonds. The van der Waals surface area contributed by atoms with Crippen molar-refractivity contribution in [2.45, 2.75) is 135 Å². The van der Waals surface area contributed by atoms with Gasteiger partial charge in [0, 0.05) is 13.0 Å². The predicted octanol–water partition coefficient (Wildman–Crippen LogP) is 5.64. The molecule has 210 valence electrons. The second kappa shape index (κ2) is 10.4. The summed E-state index contributed by atoms with van der Waals surface area (Å²) in [4.78, 5) is 18.2. The monoisotopic (exact) mass is 514 g/mol. The summed E-state index contributed by atoms with van der Waals surface area (Å²) in [6, 6.07) is 0.792. The number of rotatable bonds is 3. The second-order valence-corrected chi connectivity index (χ2v) is 14.5. The van der Waals surface area contributed by atoms with Crippen LogP contribution in [-0.2, 0) is 9.53 Å². The largest absolute Gasteiger partial charge is 0.461 e. The van der Waals surface area contributed by atoms with Gasteiger partial charge in [-0.2, -0.15) is 0 Å². The third-order valence-corrected chi connectivity index (χ3v) is 12.9. The molecule has 5 nitrogen and oxygen atoms in total. The van der Waals surface area contributed by atoms with Crippen molar-refractivity contribution in [1.82, 2.24) is 9.80 Å². The smallest absolute Gasteiger partial charge is 0.302 e. The molecule has 2 heterocycles. The average Bonchev–Trinajstić information content (AvgIpc) is 3.03. The fourth-order valence-electron chi connectivity index (χ4n) is 11.2. The van der Waals surface area contributed by atoms with Crippen molar-refractivity contribution in [2.24, 2.45) is 34.5 Å². The molecule has 0 bridgehead atoms. The first-order valence-corrected chi connectivity index (χ1v) is 16.2. The van der Waals surface area contributed by atoms with Crippen molar-refractivity contribution in [3.8, 4) is 0 Å². The number of fused-ring (bicyclic) bond motifs is 5. The summed E-state index contributed by atoms with van der Waals surface area (Å²) in [5.74, 6) is 2.70. The van der Waals surface area contributed by atoms with Crippen molar-refractivity contribution in [3.05, 3.63) is 0 Å². The highest BCUT2D eigenvalue weighted by atomic mass is 16.5. The van der Waals surface area contributed by atoms with E-state index in [4.69, 9.17) is 4.74 Å². The van der Waals surface area contributed by atoms with Gasteiger partial charge in [-0.05, 0) is 131 Å². The Bertz CT molecular complexity index is 821. The van der Waals surface area contributed by atoms with Crippen LogP contribution in [0.25, 0.3) is 0 Å². The summed E-state index contributed by atoms with van der Waals surface area (Å²) in [5, 5.41) is 11.0. The molecular weight excluding hydrogens is 460 g/mol.